The summed E-state index contributed by atoms with van der Waals surface area (Å²) in [5.41, 5.74) is 1.12. The highest BCUT2D eigenvalue weighted by atomic mass is 35.5. The van der Waals surface area contributed by atoms with E-state index in [0.29, 0.717) is 10.7 Å². The number of pyridine rings is 1. The SMILES string of the molecule is CCOC(=O)c1cc(C)nc(SCCl)c1C#N. The molecular formula is C11H11ClN2O2S. The van der Waals surface area contributed by atoms with Crippen LogP contribution in [-0.2, 0) is 4.74 Å². The molecule has 1 aromatic heterocycles. The van der Waals surface area contributed by atoms with Crippen LogP contribution >= 0.6 is 23.4 Å². The number of nitriles is 1. The first kappa shape index (κ1) is 13.8. The molecule has 0 amide bonds. The Morgan fingerprint density at radius 1 is 1.71 bits per heavy atom. The van der Waals surface area contributed by atoms with Crippen LogP contribution in [0.4, 0.5) is 0 Å². The molecule has 4 nitrogen and oxygen atoms in total. The second kappa shape index (κ2) is 6.48. The summed E-state index contributed by atoms with van der Waals surface area (Å²) in [6.07, 6.45) is 0. The van der Waals surface area contributed by atoms with Crippen molar-refractivity contribution in [2.45, 2.75) is 18.9 Å². The lowest BCUT2D eigenvalue weighted by Crippen LogP contribution is -2.09. The molecule has 1 aromatic rings. The Labute approximate surface area is 109 Å². The van der Waals surface area contributed by atoms with Crippen LogP contribution in [0, 0.1) is 18.3 Å². The van der Waals surface area contributed by atoms with Gasteiger partial charge in [0, 0.05) is 5.69 Å². The summed E-state index contributed by atoms with van der Waals surface area (Å²) in [5, 5.41) is 9.81. The summed E-state index contributed by atoms with van der Waals surface area (Å²) in [6, 6.07) is 3.52. The summed E-state index contributed by atoms with van der Waals surface area (Å²) in [6.45, 7) is 3.73. The van der Waals surface area contributed by atoms with Gasteiger partial charge in [0.1, 0.15) is 11.1 Å². The Bertz CT molecular complexity index is 471. The second-order valence-electron chi connectivity index (χ2n) is 3.08. The number of hydrogen-bond acceptors (Lipinski definition) is 5. The van der Waals surface area contributed by atoms with Gasteiger partial charge in [-0.05, 0) is 19.9 Å². The van der Waals surface area contributed by atoms with Crippen LogP contribution in [0.5, 0.6) is 0 Å². The van der Waals surface area contributed by atoms with E-state index in [4.69, 9.17) is 21.6 Å². The number of aryl methyl sites for hydroxylation is 1. The van der Waals surface area contributed by atoms with Crippen LogP contribution < -0.4 is 0 Å². The fourth-order valence-electron chi connectivity index (χ4n) is 1.28. The first-order chi connectivity index (χ1) is 8.13. The summed E-state index contributed by atoms with van der Waals surface area (Å²) in [4.78, 5) is 15.9. The lowest BCUT2D eigenvalue weighted by Gasteiger charge is -2.08. The van der Waals surface area contributed by atoms with E-state index >= 15 is 0 Å². The molecule has 1 rings (SSSR count). The van der Waals surface area contributed by atoms with Gasteiger partial charge in [-0.3, -0.25) is 0 Å². The maximum Gasteiger partial charge on any atom is 0.339 e. The van der Waals surface area contributed by atoms with Crippen LogP contribution in [0.2, 0.25) is 0 Å². The summed E-state index contributed by atoms with van der Waals surface area (Å²) in [5.74, 6) is -0.508. The van der Waals surface area contributed by atoms with Crippen molar-refractivity contribution in [3.05, 3.63) is 22.9 Å². The maximum atomic E-state index is 11.7. The molecule has 0 aromatic carbocycles. The standard InChI is InChI=1S/C11H11ClN2O2S/c1-3-16-11(15)8-4-7(2)14-10(17-6-12)9(8)5-13/h4H,3,6H2,1-2H3. The predicted octanol–water partition coefficient (Wildman–Crippen LogP) is 2.73. The molecular weight excluding hydrogens is 260 g/mol. The monoisotopic (exact) mass is 270 g/mol. The molecule has 0 atom stereocenters. The van der Waals surface area contributed by atoms with E-state index in [1.54, 1.807) is 19.9 Å². The largest absolute Gasteiger partial charge is 0.462 e. The average Bonchev–Trinajstić information content (AvgIpc) is 2.29. The van der Waals surface area contributed by atoms with Crippen molar-refractivity contribution in [3.8, 4) is 6.07 Å². The number of carbonyl (C=O) groups excluding carboxylic acids is 1. The third-order valence-corrected chi connectivity index (χ3v) is 2.92. The first-order valence-electron chi connectivity index (χ1n) is 4.91. The van der Waals surface area contributed by atoms with Crippen molar-refractivity contribution in [1.82, 2.24) is 4.98 Å². The van der Waals surface area contributed by atoms with Crippen molar-refractivity contribution < 1.29 is 9.53 Å². The zero-order valence-corrected chi connectivity index (χ0v) is 11.1. The number of rotatable bonds is 4. The van der Waals surface area contributed by atoms with E-state index in [0.717, 1.165) is 0 Å². The van der Waals surface area contributed by atoms with Crippen LogP contribution in [0.25, 0.3) is 0 Å². The number of thioether (sulfide) groups is 1. The Balaban J connectivity index is 3.28. The minimum Gasteiger partial charge on any atom is -0.462 e. The van der Waals surface area contributed by atoms with Gasteiger partial charge >= 0.3 is 5.97 Å². The van der Waals surface area contributed by atoms with Gasteiger partial charge in [0.2, 0.25) is 0 Å². The number of nitrogens with zero attached hydrogens (tertiary/aromatic N) is 2. The van der Waals surface area contributed by atoms with Gasteiger partial charge in [-0.25, -0.2) is 9.78 Å². The van der Waals surface area contributed by atoms with Gasteiger partial charge in [-0.2, -0.15) is 5.26 Å². The molecule has 0 saturated carbocycles. The van der Waals surface area contributed by atoms with Crippen LogP contribution in [0.3, 0.4) is 0 Å². The second-order valence-corrected chi connectivity index (χ2v) is 4.63. The number of aromatic nitrogens is 1. The smallest absolute Gasteiger partial charge is 0.339 e. The van der Waals surface area contributed by atoms with E-state index in [1.165, 1.54) is 11.8 Å². The summed E-state index contributed by atoms with van der Waals surface area (Å²) in [7, 11) is 0. The van der Waals surface area contributed by atoms with Crippen molar-refractivity contribution in [3.63, 3.8) is 0 Å². The highest BCUT2D eigenvalue weighted by Crippen LogP contribution is 2.25. The lowest BCUT2D eigenvalue weighted by atomic mass is 10.1. The van der Waals surface area contributed by atoms with Gasteiger partial charge in [0.25, 0.3) is 0 Å². The summed E-state index contributed by atoms with van der Waals surface area (Å²) >= 11 is 6.82. The normalized spacial score (nSPS) is 9.76. The topological polar surface area (TPSA) is 63.0 Å². The molecule has 6 heteroatoms. The molecule has 0 bridgehead atoms. The quantitative estimate of drug-likeness (QED) is 0.478. The van der Waals surface area contributed by atoms with Crippen LogP contribution in [0.1, 0.15) is 28.5 Å². The Kier molecular flexibility index (Phi) is 5.26. The predicted molar refractivity (Wildman–Crippen MR) is 66.2 cm³/mol. The summed E-state index contributed by atoms with van der Waals surface area (Å²) < 4.78 is 4.90. The van der Waals surface area contributed by atoms with Crippen molar-refractivity contribution in [2.75, 3.05) is 11.8 Å². The van der Waals surface area contributed by atoms with Crippen LogP contribution in [-0.4, -0.2) is 22.8 Å². The Morgan fingerprint density at radius 2 is 2.41 bits per heavy atom. The van der Waals surface area contributed by atoms with Crippen LogP contribution in [0.15, 0.2) is 11.1 Å². The molecule has 0 aliphatic carbocycles. The molecule has 0 unspecified atom stereocenters. The number of esters is 1. The Hall–Kier alpha value is -1.25. The van der Waals surface area contributed by atoms with E-state index in [-0.39, 0.29) is 22.9 Å². The number of hydrogen-bond donors (Lipinski definition) is 0. The van der Waals surface area contributed by atoms with Gasteiger partial charge < -0.3 is 4.74 Å². The molecule has 0 radical (unpaired) electrons. The average molecular weight is 271 g/mol. The lowest BCUT2D eigenvalue weighted by molar-refractivity contribution is 0.0525. The molecule has 90 valence electrons. The molecule has 0 spiro atoms. The zero-order valence-electron chi connectivity index (χ0n) is 9.49. The van der Waals surface area contributed by atoms with Crippen molar-refractivity contribution >= 4 is 29.3 Å². The van der Waals surface area contributed by atoms with Crippen molar-refractivity contribution in [2.24, 2.45) is 0 Å². The number of ether oxygens (including phenoxy) is 1. The number of halogens is 1. The number of carbonyl (C=O) groups is 1. The van der Waals surface area contributed by atoms with E-state index in [1.807, 2.05) is 6.07 Å². The minimum atomic E-state index is -0.508. The van der Waals surface area contributed by atoms with Gasteiger partial charge in [0.05, 0.1) is 22.9 Å². The highest BCUT2D eigenvalue weighted by Gasteiger charge is 2.18. The van der Waals surface area contributed by atoms with E-state index in [2.05, 4.69) is 4.98 Å². The molecule has 1 heterocycles. The van der Waals surface area contributed by atoms with Gasteiger partial charge in [-0.15, -0.1) is 11.6 Å². The zero-order chi connectivity index (χ0) is 12.8. The van der Waals surface area contributed by atoms with Crippen molar-refractivity contribution in [1.29, 1.82) is 5.26 Å². The van der Waals surface area contributed by atoms with Gasteiger partial charge in [0.15, 0.2) is 0 Å². The minimum absolute atomic E-state index is 0.222. The third kappa shape index (κ3) is 3.35. The molecule has 0 aliphatic heterocycles. The molecule has 0 N–H and O–H groups in total. The van der Waals surface area contributed by atoms with Gasteiger partial charge in [-0.1, -0.05) is 11.8 Å². The molecule has 0 fully saturated rings. The Morgan fingerprint density at radius 3 is 2.94 bits per heavy atom. The van der Waals surface area contributed by atoms with E-state index in [9.17, 15) is 4.79 Å². The maximum absolute atomic E-state index is 11.7. The first-order valence-corrected chi connectivity index (χ1v) is 6.43. The fraction of sp³-hybridized carbons (Fsp3) is 0.364. The third-order valence-electron chi connectivity index (χ3n) is 1.91. The molecule has 0 saturated heterocycles. The van der Waals surface area contributed by atoms with E-state index < -0.39 is 5.97 Å². The highest BCUT2D eigenvalue weighted by molar-refractivity contribution is 8.00. The molecule has 0 aliphatic rings. The molecule has 17 heavy (non-hydrogen) atoms. The number of alkyl halides is 1. The fourth-order valence-corrected chi connectivity index (χ4v) is 2.20.